The highest BCUT2D eigenvalue weighted by Gasteiger charge is 2.05. The molecule has 3 heteroatoms. The van der Waals surface area contributed by atoms with Crippen LogP contribution in [0.2, 0.25) is 0 Å². The molecule has 0 unspecified atom stereocenters. The zero-order chi connectivity index (χ0) is 11.3. The fraction of sp³-hybridized carbons (Fsp3) is 0.250. The van der Waals surface area contributed by atoms with Gasteiger partial charge >= 0.3 is 0 Å². The highest BCUT2D eigenvalue weighted by Crippen LogP contribution is 2.17. The summed E-state index contributed by atoms with van der Waals surface area (Å²) in [5, 5.41) is 2.54. The van der Waals surface area contributed by atoms with Gasteiger partial charge in [0.2, 0.25) is 5.91 Å². The van der Waals surface area contributed by atoms with Gasteiger partial charge in [-0.1, -0.05) is 12.6 Å². The lowest BCUT2D eigenvalue weighted by atomic mass is 10.1. The van der Waals surface area contributed by atoms with E-state index in [9.17, 15) is 4.79 Å². The van der Waals surface area contributed by atoms with Crippen molar-refractivity contribution in [2.24, 2.45) is 0 Å². The maximum Gasteiger partial charge on any atom is 0.228 e. The number of ether oxygens (including phenoxy) is 1. The Kier molecular flexibility index (Phi) is 3.92. The maximum atomic E-state index is 11.3. The van der Waals surface area contributed by atoms with E-state index < -0.39 is 0 Å². The molecule has 0 saturated heterocycles. The number of benzene rings is 1. The molecule has 0 aliphatic carbocycles. The number of carbonyl (C=O) groups excluding carboxylic acids is 1. The van der Waals surface area contributed by atoms with Gasteiger partial charge in [0.15, 0.2) is 0 Å². The van der Waals surface area contributed by atoms with E-state index in [1.54, 1.807) is 7.11 Å². The molecule has 0 aliphatic rings. The fourth-order valence-electron chi connectivity index (χ4n) is 1.30. The fourth-order valence-corrected chi connectivity index (χ4v) is 1.30. The SMILES string of the molecule is C=CNC(=O)Cc1cc(OC)ccc1C. The van der Waals surface area contributed by atoms with Crippen molar-refractivity contribution < 1.29 is 9.53 Å². The van der Waals surface area contributed by atoms with Crippen LogP contribution in [0.15, 0.2) is 31.0 Å². The summed E-state index contributed by atoms with van der Waals surface area (Å²) in [4.78, 5) is 11.3. The number of rotatable bonds is 4. The number of hydrogen-bond acceptors (Lipinski definition) is 2. The topological polar surface area (TPSA) is 38.3 Å². The van der Waals surface area contributed by atoms with E-state index in [1.165, 1.54) is 6.20 Å². The molecule has 3 nitrogen and oxygen atoms in total. The molecule has 1 rings (SSSR count). The Morgan fingerprint density at radius 2 is 2.33 bits per heavy atom. The van der Waals surface area contributed by atoms with Crippen LogP contribution in [0.5, 0.6) is 5.75 Å². The van der Waals surface area contributed by atoms with Crippen LogP contribution >= 0.6 is 0 Å². The molecule has 1 amide bonds. The van der Waals surface area contributed by atoms with Crippen molar-refractivity contribution in [3.8, 4) is 5.75 Å². The largest absolute Gasteiger partial charge is 0.497 e. The quantitative estimate of drug-likeness (QED) is 0.814. The number of carbonyl (C=O) groups is 1. The van der Waals surface area contributed by atoms with Crippen molar-refractivity contribution in [2.45, 2.75) is 13.3 Å². The van der Waals surface area contributed by atoms with Crippen LogP contribution in [0, 0.1) is 6.92 Å². The number of methoxy groups -OCH3 is 1. The summed E-state index contributed by atoms with van der Waals surface area (Å²) < 4.78 is 5.10. The van der Waals surface area contributed by atoms with Crippen molar-refractivity contribution in [3.63, 3.8) is 0 Å². The second-order valence-electron chi connectivity index (χ2n) is 3.24. The number of aryl methyl sites for hydroxylation is 1. The molecule has 0 atom stereocenters. The van der Waals surface area contributed by atoms with Crippen molar-refractivity contribution in [1.82, 2.24) is 5.32 Å². The van der Waals surface area contributed by atoms with Gasteiger partial charge in [-0.25, -0.2) is 0 Å². The predicted molar refractivity (Wildman–Crippen MR) is 59.8 cm³/mol. The van der Waals surface area contributed by atoms with Gasteiger partial charge in [-0.05, 0) is 36.4 Å². The molecule has 0 radical (unpaired) electrons. The third kappa shape index (κ3) is 3.13. The van der Waals surface area contributed by atoms with Gasteiger partial charge in [-0.15, -0.1) is 0 Å². The van der Waals surface area contributed by atoms with Crippen molar-refractivity contribution in [1.29, 1.82) is 0 Å². The molecule has 0 saturated carbocycles. The Morgan fingerprint density at radius 1 is 1.60 bits per heavy atom. The number of amides is 1. The molecular formula is C12H15NO2. The average molecular weight is 205 g/mol. The monoisotopic (exact) mass is 205 g/mol. The predicted octanol–water partition coefficient (Wildman–Crippen LogP) is 1.81. The second-order valence-corrected chi connectivity index (χ2v) is 3.24. The lowest BCUT2D eigenvalue weighted by Gasteiger charge is -2.07. The van der Waals surface area contributed by atoms with E-state index in [4.69, 9.17) is 4.74 Å². The zero-order valence-corrected chi connectivity index (χ0v) is 9.04. The number of nitrogens with one attached hydrogen (secondary N) is 1. The van der Waals surface area contributed by atoms with Gasteiger partial charge < -0.3 is 10.1 Å². The summed E-state index contributed by atoms with van der Waals surface area (Å²) in [5.74, 6) is 0.698. The zero-order valence-electron chi connectivity index (χ0n) is 9.04. The maximum absolute atomic E-state index is 11.3. The highest BCUT2D eigenvalue weighted by molar-refractivity contribution is 5.79. The van der Waals surface area contributed by atoms with Crippen LogP contribution in [-0.4, -0.2) is 13.0 Å². The van der Waals surface area contributed by atoms with Crippen molar-refractivity contribution in [2.75, 3.05) is 7.11 Å². The Labute approximate surface area is 89.8 Å². The molecule has 0 aliphatic heterocycles. The summed E-state index contributed by atoms with van der Waals surface area (Å²) in [6.45, 7) is 5.41. The van der Waals surface area contributed by atoms with Gasteiger partial charge in [0, 0.05) is 0 Å². The minimum absolute atomic E-state index is 0.0682. The normalized spacial score (nSPS) is 9.47. The molecule has 0 fully saturated rings. The summed E-state index contributed by atoms with van der Waals surface area (Å²) in [5.41, 5.74) is 2.05. The summed E-state index contributed by atoms with van der Waals surface area (Å²) in [7, 11) is 1.61. The molecule has 80 valence electrons. The molecular weight excluding hydrogens is 190 g/mol. The molecule has 0 spiro atoms. The van der Waals surface area contributed by atoms with E-state index in [0.29, 0.717) is 6.42 Å². The third-order valence-corrected chi connectivity index (χ3v) is 2.17. The van der Waals surface area contributed by atoms with Crippen LogP contribution < -0.4 is 10.1 Å². The lowest BCUT2D eigenvalue weighted by Crippen LogP contribution is -2.19. The molecule has 1 N–H and O–H groups in total. The standard InChI is InChI=1S/C12H15NO2/c1-4-13-12(14)8-10-7-11(15-3)6-5-9(10)2/h4-7H,1,8H2,2-3H3,(H,13,14). The van der Waals surface area contributed by atoms with Crippen LogP contribution in [0.4, 0.5) is 0 Å². The Bertz CT molecular complexity index is 372. The van der Waals surface area contributed by atoms with Crippen LogP contribution in [0.25, 0.3) is 0 Å². The summed E-state index contributed by atoms with van der Waals surface area (Å²) in [6.07, 6.45) is 1.73. The van der Waals surface area contributed by atoms with Crippen LogP contribution in [-0.2, 0) is 11.2 Å². The van der Waals surface area contributed by atoms with Gasteiger partial charge in [0.1, 0.15) is 5.75 Å². The highest BCUT2D eigenvalue weighted by atomic mass is 16.5. The van der Waals surface area contributed by atoms with Gasteiger partial charge in [-0.2, -0.15) is 0 Å². The van der Waals surface area contributed by atoms with Gasteiger partial charge in [0.05, 0.1) is 13.5 Å². The minimum Gasteiger partial charge on any atom is -0.497 e. The van der Waals surface area contributed by atoms with Gasteiger partial charge in [0.25, 0.3) is 0 Å². The number of hydrogen-bond donors (Lipinski definition) is 1. The minimum atomic E-state index is -0.0682. The Morgan fingerprint density at radius 3 is 2.93 bits per heavy atom. The van der Waals surface area contributed by atoms with E-state index in [1.807, 2.05) is 25.1 Å². The molecule has 1 aromatic rings. The molecule has 15 heavy (non-hydrogen) atoms. The molecule has 0 bridgehead atoms. The van der Waals surface area contributed by atoms with Crippen LogP contribution in [0.1, 0.15) is 11.1 Å². The smallest absolute Gasteiger partial charge is 0.228 e. The van der Waals surface area contributed by atoms with E-state index >= 15 is 0 Å². The van der Waals surface area contributed by atoms with Crippen LogP contribution in [0.3, 0.4) is 0 Å². The summed E-state index contributed by atoms with van der Waals surface area (Å²) in [6, 6.07) is 5.69. The first-order valence-electron chi connectivity index (χ1n) is 4.71. The Balaban J connectivity index is 2.83. The summed E-state index contributed by atoms with van der Waals surface area (Å²) >= 11 is 0. The molecule has 0 heterocycles. The first-order chi connectivity index (χ1) is 7.17. The van der Waals surface area contributed by atoms with Crippen molar-refractivity contribution in [3.05, 3.63) is 42.1 Å². The van der Waals surface area contributed by atoms with E-state index in [0.717, 1.165) is 16.9 Å². The van der Waals surface area contributed by atoms with Gasteiger partial charge in [-0.3, -0.25) is 4.79 Å². The first-order valence-corrected chi connectivity index (χ1v) is 4.71. The Hall–Kier alpha value is -1.77. The molecule has 1 aromatic carbocycles. The lowest BCUT2D eigenvalue weighted by molar-refractivity contribution is -0.119. The van der Waals surface area contributed by atoms with E-state index in [-0.39, 0.29) is 5.91 Å². The molecule has 0 aromatic heterocycles. The third-order valence-electron chi connectivity index (χ3n) is 2.17. The average Bonchev–Trinajstić information content (AvgIpc) is 2.21. The van der Waals surface area contributed by atoms with E-state index in [2.05, 4.69) is 11.9 Å². The first kappa shape index (κ1) is 11.3. The second kappa shape index (κ2) is 5.20. The van der Waals surface area contributed by atoms with Crippen molar-refractivity contribution >= 4 is 5.91 Å².